The average molecular weight is 197 g/mol. The fraction of sp³-hybridized carbons (Fsp3) is 0.222. The third-order valence-electron chi connectivity index (χ3n) is 1.81. The Kier molecular flexibility index (Phi) is 2.10. The SMILES string of the molecule is O=C(Nc1cccc(Cl)c1)N1CC1. The van der Waals surface area contributed by atoms with Crippen LogP contribution in [-0.2, 0) is 0 Å². The van der Waals surface area contributed by atoms with Crippen molar-refractivity contribution in [3.8, 4) is 0 Å². The summed E-state index contributed by atoms with van der Waals surface area (Å²) < 4.78 is 0. The molecule has 0 radical (unpaired) electrons. The van der Waals surface area contributed by atoms with Gasteiger partial charge in [0.15, 0.2) is 0 Å². The van der Waals surface area contributed by atoms with Gasteiger partial charge in [0.2, 0.25) is 0 Å². The number of hydrogen-bond acceptors (Lipinski definition) is 1. The fourth-order valence-electron chi connectivity index (χ4n) is 1.02. The van der Waals surface area contributed by atoms with Crippen LogP contribution in [0, 0.1) is 0 Å². The third kappa shape index (κ3) is 2.12. The molecule has 1 aliphatic rings. The van der Waals surface area contributed by atoms with Crippen LogP contribution >= 0.6 is 11.6 Å². The first-order valence-corrected chi connectivity index (χ1v) is 4.45. The highest BCUT2D eigenvalue weighted by Crippen LogP contribution is 2.16. The Morgan fingerprint density at radius 3 is 2.85 bits per heavy atom. The minimum absolute atomic E-state index is 0.0535. The standard InChI is InChI=1S/C9H9ClN2O/c10-7-2-1-3-8(6-7)11-9(13)12-4-5-12/h1-3,6H,4-5H2,(H,11,13). The van der Waals surface area contributed by atoms with Crippen molar-refractivity contribution in [2.75, 3.05) is 18.4 Å². The van der Waals surface area contributed by atoms with E-state index in [1.54, 1.807) is 23.1 Å². The Balaban J connectivity index is 2.04. The Morgan fingerprint density at radius 2 is 2.23 bits per heavy atom. The summed E-state index contributed by atoms with van der Waals surface area (Å²) in [5.74, 6) is 0. The molecule has 2 rings (SSSR count). The van der Waals surface area contributed by atoms with Gasteiger partial charge in [0, 0.05) is 23.8 Å². The molecule has 13 heavy (non-hydrogen) atoms. The summed E-state index contributed by atoms with van der Waals surface area (Å²) in [6, 6.07) is 7.06. The van der Waals surface area contributed by atoms with E-state index in [0.29, 0.717) is 5.02 Å². The zero-order valence-electron chi connectivity index (χ0n) is 6.96. The zero-order valence-corrected chi connectivity index (χ0v) is 7.71. The molecule has 1 N–H and O–H groups in total. The van der Waals surface area contributed by atoms with E-state index in [0.717, 1.165) is 18.8 Å². The Bertz CT molecular complexity index is 336. The largest absolute Gasteiger partial charge is 0.321 e. The number of benzene rings is 1. The van der Waals surface area contributed by atoms with Crippen LogP contribution in [0.5, 0.6) is 0 Å². The third-order valence-corrected chi connectivity index (χ3v) is 2.05. The van der Waals surface area contributed by atoms with E-state index >= 15 is 0 Å². The van der Waals surface area contributed by atoms with Crippen LogP contribution in [-0.4, -0.2) is 24.0 Å². The maximum absolute atomic E-state index is 11.3. The summed E-state index contributed by atoms with van der Waals surface area (Å²) in [5.41, 5.74) is 0.740. The molecular formula is C9H9ClN2O. The van der Waals surface area contributed by atoms with Gasteiger partial charge in [-0.1, -0.05) is 17.7 Å². The van der Waals surface area contributed by atoms with Crippen LogP contribution in [0.1, 0.15) is 0 Å². The second-order valence-corrected chi connectivity index (χ2v) is 3.36. The van der Waals surface area contributed by atoms with Gasteiger partial charge >= 0.3 is 6.03 Å². The molecule has 68 valence electrons. The van der Waals surface area contributed by atoms with E-state index in [2.05, 4.69) is 5.32 Å². The Labute approximate surface area is 81.3 Å². The maximum Gasteiger partial charge on any atom is 0.321 e. The number of amides is 2. The summed E-state index contributed by atoms with van der Waals surface area (Å²) in [6.07, 6.45) is 0. The molecule has 0 aromatic heterocycles. The van der Waals surface area contributed by atoms with E-state index in [1.807, 2.05) is 6.07 Å². The van der Waals surface area contributed by atoms with Crippen LogP contribution < -0.4 is 5.32 Å². The van der Waals surface area contributed by atoms with Crippen molar-refractivity contribution in [1.29, 1.82) is 0 Å². The maximum atomic E-state index is 11.3. The minimum Gasteiger partial charge on any atom is -0.321 e. The summed E-state index contributed by atoms with van der Waals surface area (Å²) in [5, 5.41) is 3.38. The second-order valence-electron chi connectivity index (χ2n) is 2.93. The first-order chi connectivity index (χ1) is 6.25. The van der Waals surface area contributed by atoms with Crippen molar-refractivity contribution in [2.24, 2.45) is 0 Å². The Hall–Kier alpha value is -1.22. The van der Waals surface area contributed by atoms with Crippen molar-refractivity contribution in [3.63, 3.8) is 0 Å². The summed E-state index contributed by atoms with van der Waals surface area (Å²) >= 11 is 5.76. The molecule has 1 aromatic carbocycles. The van der Waals surface area contributed by atoms with Crippen molar-refractivity contribution < 1.29 is 4.79 Å². The molecule has 0 spiro atoms. The number of urea groups is 1. The summed E-state index contributed by atoms with van der Waals surface area (Å²) in [6.45, 7) is 1.71. The predicted octanol–water partition coefficient (Wildman–Crippen LogP) is 2.19. The van der Waals surface area contributed by atoms with E-state index in [4.69, 9.17) is 11.6 Å². The lowest BCUT2D eigenvalue weighted by Gasteiger charge is -2.04. The number of halogens is 1. The van der Waals surface area contributed by atoms with Gasteiger partial charge in [0.1, 0.15) is 0 Å². The quantitative estimate of drug-likeness (QED) is 0.687. The van der Waals surface area contributed by atoms with Crippen LogP contribution in [0.25, 0.3) is 0 Å². The fourth-order valence-corrected chi connectivity index (χ4v) is 1.21. The number of nitrogens with zero attached hydrogens (tertiary/aromatic N) is 1. The smallest absolute Gasteiger partial charge is 0.321 e. The summed E-state index contributed by atoms with van der Waals surface area (Å²) in [4.78, 5) is 13.0. The molecule has 1 aliphatic heterocycles. The van der Waals surface area contributed by atoms with Gasteiger partial charge in [-0.25, -0.2) is 4.79 Å². The average Bonchev–Trinajstić information content (AvgIpc) is 2.85. The van der Waals surface area contributed by atoms with Crippen LogP contribution in [0.4, 0.5) is 10.5 Å². The van der Waals surface area contributed by atoms with Crippen LogP contribution in [0.3, 0.4) is 0 Å². The van der Waals surface area contributed by atoms with E-state index in [1.165, 1.54) is 0 Å². The van der Waals surface area contributed by atoms with Gasteiger partial charge in [0.25, 0.3) is 0 Å². The van der Waals surface area contributed by atoms with Crippen molar-refractivity contribution in [3.05, 3.63) is 29.3 Å². The molecule has 2 amide bonds. The number of carbonyl (C=O) groups excluding carboxylic acids is 1. The van der Waals surface area contributed by atoms with Crippen molar-refractivity contribution in [1.82, 2.24) is 4.90 Å². The van der Waals surface area contributed by atoms with Gasteiger partial charge in [-0.05, 0) is 18.2 Å². The highest BCUT2D eigenvalue weighted by atomic mass is 35.5. The van der Waals surface area contributed by atoms with Crippen molar-refractivity contribution >= 4 is 23.3 Å². The lowest BCUT2D eigenvalue weighted by Crippen LogP contribution is -2.18. The molecule has 0 aliphatic carbocycles. The number of carbonyl (C=O) groups is 1. The van der Waals surface area contributed by atoms with Gasteiger partial charge in [0.05, 0.1) is 0 Å². The molecule has 1 aromatic rings. The molecule has 1 heterocycles. The molecule has 1 saturated heterocycles. The normalized spacial score (nSPS) is 14.1. The number of hydrogen-bond donors (Lipinski definition) is 1. The zero-order chi connectivity index (χ0) is 9.26. The van der Waals surface area contributed by atoms with Crippen molar-refractivity contribution in [2.45, 2.75) is 0 Å². The summed E-state index contributed by atoms with van der Waals surface area (Å²) in [7, 11) is 0. The monoisotopic (exact) mass is 196 g/mol. The lowest BCUT2D eigenvalue weighted by molar-refractivity contribution is 0.242. The van der Waals surface area contributed by atoms with Gasteiger partial charge < -0.3 is 10.2 Å². The molecule has 0 unspecified atom stereocenters. The van der Waals surface area contributed by atoms with Crippen LogP contribution in [0.15, 0.2) is 24.3 Å². The highest BCUT2D eigenvalue weighted by molar-refractivity contribution is 6.30. The number of nitrogens with one attached hydrogen (secondary N) is 1. The van der Waals surface area contributed by atoms with Gasteiger partial charge in [-0.3, -0.25) is 0 Å². The van der Waals surface area contributed by atoms with E-state index in [9.17, 15) is 4.79 Å². The molecule has 3 nitrogen and oxygen atoms in total. The lowest BCUT2D eigenvalue weighted by atomic mass is 10.3. The van der Waals surface area contributed by atoms with E-state index < -0.39 is 0 Å². The van der Waals surface area contributed by atoms with Gasteiger partial charge in [-0.2, -0.15) is 0 Å². The minimum atomic E-state index is -0.0535. The second kappa shape index (κ2) is 3.26. The number of rotatable bonds is 1. The number of anilines is 1. The predicted molar refractivity (Wildman–Crippen MR) is 52.0 cm³/mol. The molecule has 0 saturated carbocycles. The first kappa shape index (κ1) is 8.38. The molecule has 4 heteroatoms. The molecule has 0 bridgehead atoms. The van der Waals surface area contributed by atoms with Gasteiger partial charge in [-0.15, -0.1) is 0 Å². The van der Waals surface area contributed by atoms with Crippen LogP contribution in [0.2, 0.25) is 5.02 Å². The first-order valence-electron chi connectivity index (χ1n) is 4.07. The van der Waals surface area contributed by atoms with E-state index in [-0.39, 0.29) is 6.03 Å². The molecule has 1 fully saturated rings. The molecule has 0 atom stereocenters. The highest BCUT2D eigenvalue weighted by Gasteiger charge is 2.23. The Morgan fingerprint density at radius 1 is 1.46 bits per heavy atom. The topological polar surface area (TPSA) is 32.1 Å². The molecular weight excluding hydrogens is 188 g/mol.